The SMILES string of the molecule is Cc1nccc(Oc2ccc(CN)c(F)c2)n1. The van der Waals surface area contributed by atoms with E-state index in [9.17, 15) is 4.39 Å². The van der Waals surface area contributed by atoms with Gasteiger partial charge in [0.15, 0.2) is 0 Å². The Morgan fingerprint density at radius 3 is 2.82 bits per heavy atom. The normalized spacial score (nSPS) is 10.3. The molecule has 0 unspecified atom stereocenters. The Morgan fingerprint density at radius 2 is 2.18 bits per heavy atom. The maximum absolute atomic E-state index is 13.4. The number of rotatable bonds is 3. The molecule has 0 radical (unpaired) electrons. The Morgan fingerprint density at radius 1 is 1.35 bits per heavy atom. The van der Waals surface area contributed by atoms with Crippen molar-refractivity contribution in [3.8, 4) is 11.6 Å². The molecule has 0 aliphatic heterocycles. The zero-order chi connectivity index (χ0) is 12.3. The van der Waals surface area contributed by atoms with Gasteiger partial charge in [-0.25, -0.2) is 9.37 Å². The van der Waals surface area contributed by atoms with E-state index in [0.717, 1.165) is 0 Å². The van der Waals surface area contributed by atoms with Gasteiger partial charge < -0.3 is 10.5 Å². The van der Waals surface area contributed by atoms with Crippen LogP contribution < -0.4 is 10.5 Å². The molecule has 2 N–H and O–H groups in total. The molecule has 0 fully saturated rings. The first-order valence-electron chi connectivity index (χ1n) is 5.15. The molecule has 1 aromatic carbocycles. The molecule has 1 heterocycles. The van der Waals surface area contributed by atoms with Crippen molar-refractivity contribution in [2.75, 3.05) is 0 Å². The summed E-state index contributed by atoms with van der Waals surface area (Å²) in [6.45, 7) is 1.92. The number of hydrogen-bond acceptors (Lipinski definition) is 4. The summed E-state index contributed by atoms with van der Waals surface area (Å²) in [5.74, 6) is 0.993. The minimum atomic E-state index is -0.379. The molecule has 88 valence electrons. The molecule has 17 heavy (non-hydrogen) atoms. The molecule has 2 aromatic rings. The molecule has 0 saturated carbocycles. The van der Waals surface area contributed by atoms with Crippen LogP contribution in [-0.4, -0.2) is 9.97 Å². The third-order valence-electron chi connectivity index (χ3n) is 2.22. The van der Waals surface area contributed by atoms with Gasteiger partial charge >= 0.3 is 0 Å². The maximum Gasteiger partial charge on any atom is 0.222 e. The van der Waals surface area contributed by atoms with E-state index in [4.69, 9.17) is 10.5 Å². The second kappa shape index (κ2) is 4.88. The molecule has 0 atom stereocenters. The van der Waals surface area contributed by atoms with Gasteiger partial charge in [0, 0.05) is 30.4 Å². The molecule has 2 rings (SSSR count). The lowest BCUT2D eigenvalue weighted by Crippen LogP contribution is -2.00. The summed E-state index contributed by atoms with van der Waals surface area (Å²) in [6, 6.07) is 6.16. The van der Waals surface area contributed by atoms with E-state index >= 15 is 0 Å². The molecular formula is C12H12FN3O. The van der Waals surface area contributed by atoms with E-state index in [1.54, 1.807) is 31.3 Å². The van der Waals surface area contributed by atoms with E-state index < -0.39 is 0 Å². The predicted octanol–water partition coefficient (Wildman–Crippen LogP) is 2.18. The van der Waals surface area contributed by atoms with Crippen molar-refractivity contribution in [3.05, 3.63) is 47.7 Å². The lowest BCUT2D eigenvalue weighted by Gasteiger charge is -2.06. The molecule has 0 spiro atoms. The summed E-state index contributed by atoms with van der Waals surface area (Å²) in [4.78, 5) is 8.00. The second-order valence-corrected chi connectivity index (χ2v) is 3.50. The van der Waals surface area contributed by atoms with Crippen molar-refractivity contribution >= 4 is 0 Å². The van der Waals surface area contributed by atoms with E-state index in [2.05, 4.69) is 9.97 Å². The van der Waals surface area contributed by atoms with Crippen molar-refractivity contribution in [2.45, 2.75) is 13.5 Å². The quantitative estimate of drug-likeness (QED) is 0.882. The third-order valence-corrected chi connectivity index (χ3v) is 2.22. The second-order valence-electron chi connectivity index (χ2n) is 3.50. The number of aromatic nitrogens is 2. The number of halogens is 1. The summed E-state index contributed by atoms with van der Waals surface area (Å²) < 4.78 is 18.8. The van der Waals surface area contributed by atoms with Crippen molar-refractivity contribution in [1.82, 2.24) is 9.97 Å². The van der Waals surface area contributed by atoms with Crippen LogP contribution in [0.15, 0.2) is 30.5 Å². The number of nitrogens with zero attached hydrogens (tertiary/aromatic N) is 2. The van der Waals surface area contributed by atoms with Crippen LogP contribution >= 0.6 is 0 Å². The van der Waals surface area contributed by atoms with Crippen LogP contribution in [0.3, 0.4) is 0 Å². The average molecular weight is 233 g/mol. The number of nitrogens with two attached hydrogens (primary N) is 1. The van der Waals surface area contributed by atoms with Crippen molar-refractivity contribution in [2.24, 2.45) is 5.73 Å². The first kappa shape index (κ1) is 11.5. The van der Waals surface area contributed by atoms with Gasteiger partial charge in [-0.3, -0.25) is 0 Å². The van der Waals surface area contributed by atoms with Gasteiger partial charge in [-0.2, -0.15) is 4.98 Å². The minimum Gasteiger partial charge on any atom is -0.439 e. The largest absolute Gasteiger partial charge is 0.439 e. The molecule has 0 amide bonds. The molecule has 0 aliphatic carbocycles. The number of hydrogen-bond donors (Lipinski definition) is 1. The topological polar surface area (TPSA) is 61.0 Å². The first-order valence-corrected chi connectivity index (χ1v) is 5.15. The monoisotopic (exact) mass is 233 g/mol. The van der Waals surface area contributed by atoms with Gasteiger partial charge in [-0.1, -0.05) is 6.07 Å². The van der Waals surface area contributed by atoms with Crippen molar-refractivity contribution in [3.63, 3.8) is 0 Å². The van der Waals surface area contributed by atoms with E-state index in [1.165, 1.54) is 6.07 Å². The van der Waals surface area contributed by atoms with Gasteiger partial charge in [0.2, 0.25) is 5.88 Å². The summed E-state index contributed by atoms with van der Waals surface area (Å²) in [6.07, 6.45) is 1.59. The maximum atomic E-state index is 13.4. The van der Waals surface area contributed by atoms with Crippen LogP contribution in [-0.2, 0) is 6.54 Å². The summed E-state index contributed by atoms with van der Waals surface area (Å²) >= 11 is 0. The van der Waals surface area contributed by atoms with Crippen molar-refractivity contribution < 1.29 is 9.13 Å². The van der Waals surface area contributed by atoms with Crippen LogP contribution in [0.2, 0.25) is 0 Å². The minimum absolute atomic E-state index is 0.165. The average Bonchev–Trinajstić information content (AvgIpc) is 2.29. The number of aryl methyl sites for hydroxylation is 1. The molecule has 0 bridgehead atoms. The first-order chi connectivity index (χ1) is 8.19. The Bertz CT molecular complexity index is 531. The van der Waals surface area contributed by atoms with Crippen LogP contribution in [0.1, 0.15) is 11.4 Å². The fraction of sp³-hybridized carbons (Fsp3) is 0.167. The number of benzene rings is 1. The zero-order valence-electron chi connectivity index (χ0n) is 9.35. The molecular weight excluding hydrogens is 221 g/mol. The Kier molecular flexibility index (Phi) is 3.30. The van der Waals surface area contributed by atoms with Crippen LogP contribution in [0, 0.1) is 12.7 Å². The number of ether oxygens (including phenoxy) is 1. The summed E-state index contributed by atoms with van der Waals surface area (Å²) in [5, 5.41) is 0. The standard InChI is InChI=1S/C12H12FN3O/c1-8-15-5-4-12(16-8)17-10-3-2-9(7-14)11(13)6-10/h2-6H,7,14H2,1H3. The van der Waals surface area contributed by atoms with E-state index in [0.29, 0.717) is 23.0 Å². The molecule has 0 saturated heterocycles. The third kappa shape index (κ3) is 2.76. The fourth-order valence-corrected chi connectivity index (χ4v) is 1.37. The molecule has 5 heteroatoms. The fourth-order valence-electron chi connectivity index (χ4n) is 1.37. The molecule has 4 nitrogen and oxygen atoms in total. The summed E-state index contributed by atoms with van der Waals surface area (Å²) in [5.41, 5.74) is 5.83. The Balaban J connectivity index is 2.22. The van der Waals surface area contributed by atoms with Gasteiger partial charge in [0.25, 0.3) is 0 Å². The highest BCUT2D eigenvalue weighted by Gasteiger charge is 2.04. The van der Waals surface area contributed by atoms with E-state index in [1.807, 2.05) is 0 Å². The summed E-state index contributed by atoms with van der Waals surface area (Å²) in [7, 11) is 0. The van der Waals surface area contributed by atoms with Crippen LogP contribution in [0.4, 0.5) is 4.39 Å². The van der Waals surface area contributed by atoms with Crippen LogP contribution in [0.5, 0.6) is 11.6 Å². The molecule has 1 aromatic heterocycles. The van der Waals surface area contributed by atoms with Crippen molar-refractivity contribution in [1.29, 1.82) is 0 Å². The van der Waals surface area contributed by atoms with Crippen LogP contribution in [0.25, 0.3) is 0 Å². The predicted molar refractivity (Wildman–Crippen MR) is 61.1 cm³/mol. The van der Waals surface area contributed by atoms with Gasteiger partial charge in [0.05, 0.1) is 0 Å². The van der Waals surface area contributed by atoms with E-state index in [-0.39, 0.29) is 12.4 Å². The lowest BCUT2D eigenvalue weighted by molar-refractivity contribution is 0.454. The highest BCUT2D eigenvalue weighted by molar-refractivity contribution is 5.31. The Labute approximate surface area is 98.3 Å². The van der Waals surface area contributed by atoms with Gasteiger partial charge in [0.1, 0.15) is 17.4 Å². The molecule has 0 aliphatic rings. The highest BCUT2D eigenvalue weighted by Crippen LogP contribution is 2.21. The lowest BCUT2D eigenvalue weighted by atomic mass is 10.2. The zero-order valence-corrected chi connectivity index (χ0v) is 9.35. The highest BCUT2D eigenvalue weighted by atomic mass is 19.1. The van der Waals surface area contributed by atoms with Gasteiger partial charge in [-0.15, -0.1) is 0 Å². The van der Waals surface area contributed by atoms with Gasteiger partial charge in [-0.05, 0) is 13.0 Å². The smallest absolute Gasteiger partial charge is 0.222 e. The Hall–Kier alpha value is -2.01.